The molecule has 1 saturated carbocycles. The summed E-state index contributed by atoms with van der Waals surface area (Å²) in [5, 5.41) is 0.667. The van der Waals surface area contributed by atoms with Crippen molar-refractivity contribution >= 4 is 17.8 Å². The van der Waals surface area contributed by atoms with Gasteiger partial charge in [0.1, 0.15) is 5.75 Å². The number of rotatable bonds is 5. The molecule has 0 unspecified atom stereocenters. The van der Waals surface area contributed by atoms with Crippen molar-refractivity contribution < 1.29 is 9.47 Å². The Bertz CT molecular complexity index is 536. The number of fused-ring (bicyclic) bond motifs is 1. The van der Waals surface area contributed by atoms with Crippen LogP contribution in [0.2, 0.25) is 5.02 Å². The third-order valence-electron chi connectivity index (χ3n) is 4.48. The summed E-state index contributed by atoms with van der Waals surface area (Å²) in [6, 6.07) is 4.09. The molecule has 1 fully saturated rings. The number of hydrogen-bond donors (Lipinski definition) is 0. The molecule has 1 aliphatic carbocycles. The van der Waals surface area contributed by atoms with Crippen molar-refractivity contribution in [3.05, 3.63) is 28.3 Å². The van der Waals surface area contributed by atoms with E-state index in [9.17, 15) is 0 Å². The molecule has 3 rings (SSSR count). The van der Waals surface area contributed by atoms with Gasteiger partial charge in [0.15, 0.2) is 0 Å². The predicted octanol–water partition coefficient (Wildman–Crippen LogP) is 4.04. The summed E-state index contributed by atoms with van der Waals surface area (Å²) < 4.78 is 10.8. The van der Waals surface area contributed by atoms with Crippen LogP contribution in [0.1, 0.15) is 43.2 Å². The fourth-order valence-electron chi connectivity index (χ4n) is 3.33. The lowest BCUT2D eigenvalue weighted by molar-refractivity contribution is 0.172. The lowest BCUT2D eigenvalue weighted by atomic mass is 9.85. The van der Waals surface area contributed by atoms with Crippen LogP contribution in [-0.2, 0) is 11.2 Å². The van der Waals surface area contributed by atoms with Crippen molar-refractivity contribution in [3.8, 4) is 5.75 Å². The molecule has 0 saturated heterocycles. The quantitative estimate of drug-likeness (QED) is 0.769. The number of methoxy groups -OCH3 is 1. The Kier molecular flexibility index (Phi) is 4.51. The van der Waals surface area contributed by atoms with E-state index in [0.717, 1.165) is 24.2 Å². The van der Waals surface area contributed by atoms with Gasteiger partial charge in [0.25, 0.3) is 0 Å². The second kappa shape index (κ2) is 6.37. The highest BCUT2D eigenvalue weighted by Gasteiger charge is 2.35. The molecule has 0 aromatic heterocycles. The van der Waals surface area contributed by atoms with Gasteiger partial charge in [-0.3, -0.25) is 4.99 Å². The highest BCUT2D eigenvalue weighted by atomic mass is 35.5. The fourth-order valence-corrected chi connectivity index (χ4v) is 3.55. The van der Waals surface area contributed by atoms with E-state index in [1.54, 1.807) is 7.11 Å². The highest BCUT2D eigenvalue weighted by molar-refractivity contribution is 6.32. The molecule has 1 aromatic rings. The van der Waals surface area contributed by atoms with Crippen molar-refractivity contribution in [2.45, 2.75) is 44.1 Å². The largest absolute Gasteiger partial charge is 0.492 e. The molecule has 21 heavy (non-hydrogen) atoms. The fraction of sp³-hybridized carbons (Fsp3) is 0.588. The lowest BCUT2D eigenvalue weighted by Gasteiger charge is -2.29. The van der Waals surface area contributed by atoms with Crippen LogP contribution in [0.4, 0.5) is 0 Å². The molecule has 0 bridgehead atoms. The standard InChI is InChI=1S/C17H22ClNO2/c1-20-7-4-8-21-16-10-13-11-17(5-2-3-6-17)19-12-14(13)9-15(16)18/h9-10,12H,2-8,11H2,1H3. The van der Waals surface area contributed by atoms with Crippen molar-refractivity contribution in [2.24, 2.45) is 4.99 Å². The first-order chi connectivity index (χ1) is 10.2. The van der Waals surface area contributed by atoms with E-state index in [1.165, 1.54) is 31.2 Å². The topological polar surface area (TPSA) is 30.8 Å². The van der Waals surface area contributed by atoms with Crippen LogP contribution >= 0.6 is 11.6 Å². The first-order valence-electron chi connectivity index (χ1n) is 7.72. The zero-order valence-electron chi connectivity index (χ0n) is 12.5. The van der Waals surface area contributed by atoms with Gasteiger partial charge in [0.05, 0.1) is 17.2 Å². The molecule has 0 amide bonds. The zero-order chi connectivity index (χ0) is 14.7. The van der Waals surface area contributed by atoms with Crippen LogP contribution in [0.3, 0.4) is 0 Å². The second-order valence-corrected chi connectivity index (χ2v) is 6.45. The van der Waals surface area contributed by atoms with E-state index in [1.807, 2.05) is 12.3 Å². The summed E-state index contributed by atoms with van der Waals surface area (Å²) in [5.74, 6) is 0.787. The SMILES string of the molecule is COCCCOc1cc2c(cc1Cl)C=NC1(CCCC1)C2. The van der Waals surface area contributed by atoms with E-state index in [-0.39, 0.29) is 5.54 Å². The van der Waals surface area contributed by atoms with Crippen LogP contribution in [0, 0.1) is 0 Å². The van der Waals surface area contributed by atoms with Gasteiger partial charge < -0.3 is 9.47 Å². The number of halogens is 1. The lowest BCUT2D eigenvalue weighted by Crippen LogP contribution is -2.29. The molecule has 1 aromatic carbocycles. The molecular weight excluding hydrogens is 286 g/mol. The Balaban J connectivity index is 1.75. The molecule has 0 N–H and O–H groups in total. The summed E-state index contributed by atoms with van der Waals surface area (Å²) in [5.41, 5.74) is 2.61. The molecule has 1 heterocycles. The maximum atomic E-state index is 6.31. The summed E-state index contributed by atoms with van der Waals surface area (Å²) in [4.78, 5) is 4.82. The van der Waals surface area contributed by atoms with Crippen molar-refractivity contribution in [2.75, 3.05) is 20.3 Å². The molecule has 1 aliphatic heterocycles. The van der Waals surface area contributed by atoms with Gasteiger partial charge >= 0.3 is 0 Å². The molecule has 114 valence electrons. The van der Waals surface area contributed by atoms with Crippen molar-refractivity contribution in [1.82, 2.24) is 0 Å². The smallest absolute Gasteiger partial charge is 0.138 e. The number of hydrogen-bond acceptors (Lipinski definition) is 3. The van der Waals surface area contributed by atoms with Gasteiger partial charge in [-0.1, -0.05) is 24.4 Å². The zero-order valence-corrected chi connectivity index (χ0v) is 13.3. The van der Waals surface area contributed by atoms with E-state index >= 15 is 0 Å². The summed E-state index contributed by atoms with van der Waals surface area (Å²) in [6.45, 7) is 1.34. The van der Waals surface area contributed by atoms with Gasteiger partial charge in [-0.05, 0) is 42.5 Å². The Hall–Kier alpha value is -1.06. The molecule has 0 atom stereocenters. The predicted molar refractivity (Wildman–Crippen MR) is 85.9 cm³/mol. The number of nitrogens with zero attached hydrogens (tertiary/aromatic N) is 1. The second-order valence-electron chi connectivity index (χ2n) is 6.04. The molecule has 2 aliphatic rings. The Morgan fingerprint density at radius 1 is 1.24 bits per heavy atom. The molecule has 1 spiro atoms. The van der Waals surface area contributed by atoms with Gasteiger partial charge in [-0.15, -0.1) is 0 Å². The van der Waals surface area contributed by atoms with Crippen LogP contribution < -0.4 is 4.74 Å². The first-order valence-corrected chi connectivity index (χ1v) is 8.10. The van der Waals surface area contributed by atoms with E-state index in [2.05, 4.69) is 6.07 Å². The van der Waals surface area contributed by atoms with Gasteiger partial charge in [0, 0.05) is 26.4 Å². The first kappa shape index (κ1) is 14.9. The minimum Gasteiger partial charge on any atom is -0.492 e. The molecular formula is C17H22ClNO2. The van der Waals surface area contributed by atoms with E-state index < -0.39 is 0 Å². The Morgan fingerprint density at radius 3 is 2.81 bits per heavy atom. The minimum atomic E-state index is 0.147. The third-order valence-corrected chi connectivity index (χ3v) is 4.77. The van der Waals surface area contributed by atoms with Crippen LogP contribution in [-0.4, -0.2) is 32.1 Å². The number of ether oxygens (including phenoxy) is 2. The molecule has 3 nitrogen and oxygen atoms in total. The number of benzene rings is 1. The maximum Gasteiger partial charge on any atom is 0.138 e. The van der Waals surface area contributed by atoms with Crippen molar-refractivity contribution in [3.63, 3.8) is 0 Å². The van der Waals surface area contributed by atoms with Gasteiger partial charge in [-0.2, -0.15) is 0 Å². The summed E-state index contributed by atoms with van der Waals surface area (Å²) in [7, 11) is 1.70. The van der Waals surface area contributed by atoms with E-state index in [0.29, 0.717) is 18.2 Å². The normalized spacial score (nSPS) is 19.0. The third kappa shape index (κ3) is 3.24. The maximum absolute atomic E-state index is 6.31. The Morgan fingerprint density at radius 2 is 2.05 bits per heavy atom. The summed E-state index contributed by atoms with van der Waals surface area (Å²) >= 11 is 6.31. The summed E-state index contributed by atoms with van der Waals surface area (Å²) in [6.07, 6.45) is 8.89. The average Bonchev–Trinajstić information content (AvgIpc) is 2.93. The molecule has 4 heteroatoms. The van der Waals surface area contributed by atoms with Gasteiger partial charge in [0.2, 0.25) is 0 Å². The average molecular weight is 308 g/mol. The highest BCUT2D eigenvalue weighted by Crippen LogP contribution is 2.40. The van der Waals surface area contributed by atoms with Crippen LogP contribution in [0.25, 0.3) is 0 Å². The van der Waals surface area contributed by atoms with E-state index in [4.69, 9.17) is 26.1 Å². The molecule has 0 radical (unpaired) electrons. The Labute approximate surface area is 131 Å². The van der Waals surface area contributed by atoms with Crippen LogP contribution in [0.5, 0.6) is 5.75 Å². The van der Waals surface area contributed by atoms with Crippen molar-refractivity contribution in [1.29, 1.82) is 0 Å². The van der Waals surface area contributed by atoms with Crippen LogP contribution in [0.15, 0.2) is 17.1 Å². The number of aliphatic imine (C=N–C) groups is 1. The van der Waals surface area contributed by atoms with Gasteiger partial charge in [-0.25, -0.2) is 0 Å². The minimum absolute atomic E-state index is 0.147. The monoisotopic (exact) mass is 307 g/mol.